The Morgan fingerprint density at radius 2 is 1.76 bits per heavy atom. The monoisotopic (exact) mass is 339 g/mol. The highest BCUT2D eigenvalue weighted by Gasteiger charge is 2.24. The molecule has 1 amide bonds. The number of nitrogens with one attached hydrogen (secondary N) is 2. The average Bonchev–Trinajstić information content (AvgIpc) is 2.63. The summed E-state index contributed by atoms with van der Waals surface area (Å²) in [5, 5.41) is 14.8. The van der Waals surface area contributed by atoms with Crippen LogP contribution in [-0.4, -0.2) is 25.6 Å². The molecule has 2 aromatic carbocycles. The van der Waals surface area contributed by atoms with Gasteiger partial charge in [-0.05, 0) is 57.3 Å². The molecule has 0 radical (unpaired) electrons. The number of ether oxygens (including phenoxy) is 2. The molecule has 2 rings (SSSR count). The number of carbonyl (C=O) groups excluding carboxylic acids is 1. The average molecular weight is 339 g/mol. The van der Waals surface area contributed by atoms with Gasteiger partial charge < -0.3 is 20.1 Å². The first-order chi connectivity index (χ1) is 11.9. The largest absolute Gasteiger partial charge is 0.495 e. The Morgan fingerprint density at radius 3 is 2.32 bits per heavy atom. The van der Waals surface area contributed by atoms with E-state index in [2.05, 4.69) is 16.7 Å². The van der Waals surface area contributed by atoms with Crippen LogP contribution < -0.4 is 20.1 Å². The fourth-order valence-electron chi connectivity index (χ4n) is 1.97. The van der Waals surface area contributed by atoms with Gasteiger partial charge in [0.25, 0.3) is 0 Å². The summed E-state index contributed by atoms with van der Waals surface area (Å²) in [5.41, 5.74) is 0.465. The summed E-state index contributed by atoms with van der Waals surface area (Å²) < 4.78 is 10.9. The molecule has 0 bridgehead atoms. The lowest BCUT2D eigenvalue weighted by atomic mass is 10.1. The molecule has 2 aromatic rings. The lowest BCUT2D eigenvalue weighted by Crippen LogP contribution is -2.47. The van der Waals surface area contributed by atoms with Crippen molar-refractivity contribution in [2.45, 2.75) is 19.4 Å². The molecule has 0 saturated heterocycles. The van der Waals surface area contributed by atoms with Gasteiger partial charge in [0.05, 0.1) is 18.2 Å². The Balaban J connectivity index is 2.08. The number of benzene rings is 2. The Kier molecular flexibility index (Phi) is 5.63. The molecule has 0 aliphatic rings. The molecule has 0 aliphatic carbocycles. The van der Waals surface area contributed by atoms with Crippen molar-refractivity contribution < 1.29 is 14.3 Å². The quantitative estimate of drug-likeness (QED) is 0.844. The summed E-state index contributed by atoms with van der Waals surface area (Å²) in [4.78, 5) is 12.1. The van der Waals surface area contributed by atoms with Crippen LogP contribution >= 0.6 is 0 Å². The molecule has 0 spiro atoms. The number of hydrogen-bond donors (Lipinski definition) is 2. The Morgan fingerprint density at radius 1 is 1.12 bits per heavy atom. The van der Waals surface area contributed by atoms with Crippen LogP contribution in [0.2, 0.25) is 0 Å². The van der Waals surface area contributed by atoms with E-state index in [4.69, 9.17) is 14.7 Å². The predicted octanol–water partition coefficient (Wildman–Crippen LogP) is 3.30. The lowest BCUT2D eigenvalue weighted by Gasteiger charge is -2.22. The summed E-state index contributed by atoms with van der Waals surface area (Å²) in [6.45, 7) is 3.61. The molecule has 0 unspecified atom stereocenters. The third-order valence-electron chi connectivity index (χ3n) is 3.83. The number of methoxy groups -OCH3 is 1. The minimum atomic E-state index is -0.659. The van der Waals surface area contributed by atoms with Crippen LogP contribution in [-0.2, 0) is 4.79 Å². The minimum absolute atomic E-state index is 0.125. The summed E-state index contributed by atoms with van der Waals surface area (Å²) in [6, 6.07) is 14.1. The van der Waals surface area contributed by atoms with Crippen LogP contribution in [0.5, 0.6) is 17.2 Å². The first-order valence-electron chi connectivity index (χ1n) is 7.76. The van der Waals surface area contributed by atoms with E-state index in [0.29, 0.717) is 28.5 Å². The topological polar surface area (TPSA) is 83.4 Å². The Bertz CT molecular complexity index is 793. The zero-order valence-corrected chi connectivity index (χ0v) is 14.7. The second kappa shape index (κ2) is 7.69. The van der Waals surface area contributed by atoms with Crippen molar-refractivity contribution in [1.29, 1.82) is 5.26 Å². The number of rotatable bonds is 6. The van der Waals surface area contributed by atoms with Crippen LogP contribution in [0, 0.1) is 11.3 Å². The van der Waals surface area contributed by atoms with Crippen molar-refractivity contribution in [3.8, 4) is 23.3 Å². The van der Waals surface area contributed by atoms with Gasteiger partial charge in [0, 0.05) is 11.8 Å². The molecule has 0 aliphatic heterocycles. The Hall–Kier alpha value is -3.04. The highest BCUT2D eigenvalue weighted by molar-refractivity contribution is 5.97. The fraction of sp³-hybridized carbons (Fsp3) is 0.263. The maximum absolute atomic E-state index is 12.1. The number of hydrogen-bond acceptors (Lipinski definition) is 5. The van der Waals surface area contributed by atoms with Crippen LogP contribution in [0.25, 0.3) is 0 Å². The minimum Gasteiger partial charge on any atom is -0.495 e. The number of anilines is 1. The zero-order valence-electron chi connectivity index (χ0n) is 14.7. The van der Waals surface area contributed by atoms with Gasteiger partial charge in [0.15, 0.2) is 0 Å². The molecule has 0 saturated carbocycles. The number of nitrogens with zero attached hydrogens (tertiary/aromatic N) is 1. The highest BCUT2D eigenvalue weighted by Crippen LogP contribution is 2.28. The predicted molar refractivity (Wildman–Crippen MR) is 96.0 cm³/mol. The van der Waals surface area contributed by atoms with Gasteiger partial charge in [-0.3, -0.25) is 4.79 Å². The molecule has 25 heavy (non-hydrogen) atoms. The van der Waals surface area contributed by atoms with Gasteiger partial charge in [-0.25, -0.2) is 0 Å². The number of amides is 1. The van der Waals surface area contributed by atoms with Gasteiger partial charge in [0.1, 0.15) is 23.3 Å². The van der Waals surface area contributed by atoms with E-state index in [1.165, 1.54) is 7.11 Å². The summed E-state index contributed by atoms with van der Waals surface area (Å²) in [7, 11) is 3.24. The molecular formula is C19H21N3O3. The molecular weight excluding hydrogens is 318 g/mol. The number of likely N-dealkylation sites (N-methyl/N-ethyl adjacent to an activating group) is 1. The van der Waals surface area contributed by atoms with Crippen molar-refractivity contribution in [3.05, 3.63) is 48.0 Å². The maximum Gasteiger partial charge on any atom is 0.244 e. The van der Waals surface area contributed by atoms with E-state index in [0.717, 1.165) is 0 Å². The van der Waals surface area contributed by atoms with Gasteiger partial charge in [-0.2, -0.15) is 5.26 Å². The number of nitriles is 1. The normalized spacial score (nSPS) is 10.7. The molecule has 6 heteroatoms. The van der Waals surface area contributed by atoms with Crippen molar-refractivity contribution >= 4 is 11.6 Å². The summed E-state index contributed by atoms with van der Waals surface area (Å²) in [5.74, 6) is 1.50. The standard InChI is InChI=1S/C19H21N3O3/c1-19(2,21-3)18(23)22-14-6-9-15(10-7-14)25-16-8-5-13(12-20)17(11-16)24-4/h5-11,21H,1-4H3,(H,22,23). The van der Waals surface area contributed by atoms with E-state index < -0.39 is 5.54 Å². The molecule has 6 nitrogen and oxygen atoms in total. The van der Waals surface area contributed by atoms with Gasteiger partial charge in [-0.1, -0.05) is 0 Å². The lowest BCUT2D eigenvalue weighted by molar-refractivity contribution is -0.121. The van der Waals surface area contributed by atoms with Crippen LogP contribution in [0.3, 0.4) is 0 Å². The van der Waals surface area contributed by atoms with Crippen LogP contribution in [0.1, 0.15) is 19.4 Å². The van der Waals surface area contributed by atoms with E-state index >= 15 is 0 Å². The van der Waals surface area contributed by atoms with E-state index in [1.54, 1.807) is 63.4 Å². The molecule has 0 aromatic heterocycles. The highest BCUT2D eigenvalue weighted by atomic mass is 16.5. The molecule has 2 N–H and O–H groups in total. The van der Waals surface area contributed by atoms with E-state index in [-0.39, 0.29) is 5.91 Å². The van der Waals surface area contributed by atoms with E-state index in [1.807, 2.05) is 0 Å². The van der Waals surface area contributed by atoms with Crippen LogP contribution in [0.15, 0.2) is 42.5 Å². The van der Waals surface area contributed by atoms with Gasteiger partial charge >= 0.3 is 0 Å². The smallest absolute Gasteiger partial charge is 0.244 e. The first-order valence-corrected chi connectivity index (χ1v) is 7.76. The first kappa shape index (κ1) is 18.3. The molecule has 130 valence electrons. The maximum atomic E-state index is 12.1. The van der Waals surface area contributed by atoms with Crippen LogP contribution in [0.4, 0.5) is 5.69 Å². The van der Waals surface area contributed by atoms with Gasteiger partial charge in [-0.15, -0.1) is 0 Å². The van der Waals surface area contributed by atoms with Crippen molar-refractivity contribution in [2.75, 3.05) is 19.5 Å². The zero-order chi connectivity index (χ0) is 18.4. The Labute approximate surface area is 147 Å². The molecule has 0 atom stereocenters. The van der Waals surface area contributed by atoms with E-state index in [9.17, 15) is 4.79 Å². The molecule has 0 fully saturated rings. The van der Waals surface area contributed by atoms with Gasteiger partial charge in [0.2, 0.25) is 5.91 Å². The fourth-order valence-corrected chi connectivity index (χ4v) is 1.97. The summed E-state index contributed by atoms with van der Waals surface area (Å²) >= 11 is 0. The van der Waals surface area contributed by atoms with Crippen molar-refractivity contribution in [3.63, 3.8) is 0 Å². The summed E-state index contributed by atoms with van der Waals surface area (Å²) in [6.07, 6.45) is 0. The third-order valence-corrected chi connectivity index (χ3v) is 3.83. The second-order valence-electron chi connectivity index (χ2n) is 5.93. The SMILES string of the molecule is CNC(C)(C)C(=O)Nc1ccc(Oc2ccc(C#N)c(OC)c2)cc1. The number of carbonyl (C=O) groups is 1. The third kappa shape index (κ3) is 4.49. The van der Waals surface area contributed by atoms with Crippen molar-refractivity contribution in [1.82, 2.24) is 5.32 Å². The molecule has 0 heterocycles. The van der Waals surface area contributed by atoms with Crippen molar-refractivity contribution in [2.24, 2.45) is 0 Å². The second-order valence-corrected chi connectivity index (χ2v) is 5.93.